The van der Waals surface area contributed by atoms with E-state index in [2.05, 4.69) is 28.1 Å². The zero-order chi connectivity index (χ0) is 18.8. The van der Waals surface area contributed by atoms with Gasteiger partial charge in [0.2, 0.25) is 5.91 Å². The molecule has 0 atom stereocenters. The molecule has 3 aromatic rings. The number of hydrogen-bond acceptors (Lipinski definition) is 4. The van der Waals surface area contributed by atoms with Gasteiger partial charge in [-0.05, 0) is 30.5 Å². The van der Waals surface area contributed by atoms with E-state index in [-0.39, 0.29) is 5.91 Å². The number of carbonyl (C=O) groups is 1. The second-order valence-corrected chi connectivity index (χ2v) is 7.92. The fourth-order valence-electron chi connectivity index (χ4n) is 3.45. The summed E-state index contributed by atoms with van der Waals surface area (Å²) in [6.07, 6.45) is 7.66. The normalized spacial score (nSPS) is 14.5. The lowest BCUT2D eigenvalue weighted by molar-refractivity contribution is -0.125. The molecule has 140 valence electrons. The Morgan fingerprint density at radius 1 is 1.33 bits per heavy atom. The minimum Gasteiger partial charge on any atom is -0.371 e. The number of thiazole rings is 1. The van der Waals surface area contributed by atoms with Gasteiger partial charge in [0.05, 0.1) is 5.69 Å². The van der Waals surface area contributed by atoms with Crippen LogP contribution in [0, 0.1) is 0 Å². The highest BCUT2D eigenvalue weighted by atomic mass is 35.5. The van der Waals surface area contributed by atoms with Crippen LogP contribution in [-0.2, 0) is 11.3 Å². The summed E-state index contributed by atoms with van der Waals surface area (Å²) in [6, 6.07) is 8.34. The van der Waals surface area contributed by atoms with Crippen LogP contribution in [0.1, 0.15) is 24.1 Å². The molecule has 1 saturated heterocycles. The van der Waals surface area contributed by atoms with E-state index in [0.29, 0.717) is 11.7 Å². The van der Waals surface area contributed by atoms with Gasteiger partial charge in [-0.15, -0.1) is 11.3 Å². The van der Waals surface area contributed by atoms with Crippen LogP contribution in [0.4, 0.5) is 5.69 Å². The Hall–Kier alpha value is -2.31. The Morgan fingerprint density at radius 2 is 2.11 bits per heavy atom. The highest BCUT2D eigenvalue weighted by Crippen LogP contribution is 2.26. The van der Waals surface area contributed by atoms with Crippen molar-refractivity contribution in [3.05, 3.63) is 58.3 Å². The molecule has 5 nitrogen and oxygen atoms in total. The average molecular weight is 401 g/mol. The van der Waals surface area contributed by atoms with Crippen LogP contribution in [0.2, 0.25) is 5.15 Å². The number of anilines is 1. The van der Waals surface area contributed by atoms with Crippen LogP contribution in [0.25, 0.3) is 11.0 Å². The highest BCUT2D eigenvalue weighted by molar-refractivity contribution is 7.15. The van der Waals surface area contributed by atoms with Crippen molar-refractivity contribution in [2.75, 3.05) is 25.0 Å². The van der Waals surface area contributed by atoms with Crippen LogP contribution in [0.15, 0.2) is 41.9 Å². The summed E-state index contributed by atoms with van der Waals surface area (Å²) < 4.78 is 1.89. The number of fused-ring (bicyclic) bond motifs is 1. The number of para-hydroxylation sites is 1. The molecule has 0 saturated carbocycles. The second-order valence-electron chi connectivity index (χ2n) is 6.69. The Kier molecular flexibility index (Phi) is 5.18. The van der Waals surface area contributed by atoms with Crippen LogP contribution in [-0.4, -0.2) is 40.3 Å². The standard InChI is InChI=1S/C20H21ClN4OS/c1-23(14-15-6-2-3-7-16(15)24-10-4-5-11-24)18(26)9-8-17-19(21)22-20-25(17)12-13-27-20/h2-3,6-9,12-13H,4-5,10-11,14H2,1H3. The van der Waals surface area contributed by atoms with E-state index >= 15 is 0 Å². The molecule has 0 spiro atoms. The molecule has 0 radical (unpaired) electrons. The van der Waals surface area contributed by atoms with Crippen molar-refractivity contribution < 1.29 is 4.79 Å². The SMILES string of the molecule is CN(Cc1ccccc1N1CCCC1)C(=O)C=Cc1c(Cl)nc2sccn12. The number of carbonyl (C=O) groups excluding carboxylic acids is 1. The van der Waals surface area contributed by atoms with Gasteiger partial charge in [-0.25, -0.2) is 4.98 Å². The van der Waals surface area contributed by atoms with E-state index in [9.17, 15) is 4.79 Å². The second kappa shape index (κ2) is 7.74. The van der Waals surface area contributed by atoms with Crippen LogP contribution in [0.3, 0.4) is 0 Å². The van der Waals surface area contributed by atoms with E-state index in [1.54, 1.807) is 17.1 Å². The number of rotatable bonds is 5. The average Bonchev–Trinajstić information content (AvgIpc) is 3.38. The third-order valence-corrected chi connectivity index (χ3v) is 5.89. The largest absolute Gasteiger partial charge is 0.371 e. The zero-order valence-corrected chi connectivity index (χ0v) is 16.7. The number of aromatic nitrogens is 2. The van der Waals surface area contributed by atoms with Crippen LogP contribution in [0.5, 0.6) is 0 Å². The molecule has 0 unspecified atom stereocenters. The van der Waals surface area contributed by atoms with Crippen molar-refractivity contribution in [3.8, 4) is 0 Å². The molecule has 1 aromatic carbocycles. The maximum Gasteiger partial charge on any atom is 0.246 e. The lowest BCUT2D eigenvalue weighted by Gasteiger charge is -2.24. The quantitative estimate of drug-likeness (QED) is 0.599. The summed E-state index contributed by atoms with van der Waals surface area (Å²) in [7, 11) is 1.83. The molecule has 1 aliphatic rings. The van der Waals surface area contributed by atoms with Gasteiger partial charge in [-0.1, -0.05) is 29.8 Å². The number of nitrogens with zero attached hydrogens (tertiary/aromatic N) is 4. The van der Waals surface area contributed by atoms with Crippen molar-refractivity contribution in [2.24, 2.45) is 0 Å². The summed E-state index contributed by atoms with van der Waals surface area (Å²) in [5, 5.41) is 2.35. The summed E-state index contributed by atoms with van der Waals surface area (Å²) >= 11 is 7.70. The molecule has 27 heavy (non-hydrogen) atoms. The Bertz CT molecular complexity index is 987. The van der Waals surface area contributed by atoms with Crippen LogP contribution < -0.4 is 4.90 Å². The topological polar surface area (TPSA) is 40.8 Å². The number of amides is 1. The predicted molar refractivity (Wildman–Crippen MR) is 111 cm³/mol. The molecule has 4 rings (SSSR count). The minimum atomic E-state index is -0.0625. The van der Waals surface area contributed by atoms with Crippen LogP contribution >= 0.6 is 22.9 Å². The highest BCUT2D eigenvalue weighted by Gasteiger charge is 2.17. The molecule has 1 fully saturated rings. The summed E-state index contributed by atoms with van der Waals surface area (Å²) in [4.78, 5) is 21.9. The molecule has 1 amide bonds. The van der Waals surface area contributed by atoms with Gasteiger partial charge >= 0.3 is 0 Å². The number of imidazole rings is 1. The third kappa shape index (κ3) is 3.73. The lowest BCUT2D eigenvalue weighted by atomic mass is 10.1. The third-order valence-electron chi connectivity index (χ3n) is 4.86. The first-order chi connectivity index (χ1) is 13.1. The summed E-state index contributed by atoms with van der Waals surface area (Å²) in [5.74, 6) is -0.0625. The van der Waals surface area contributed by atoms with Gasteiger partial charge in [-0.3, -0.25) is 9.20 Å². The first-order valence-electron chi connectivity index (χ1n) is 9.00. The molecule has 0 aliphatic carbocycles. The van der Waals surface area contributed by atoms with E-state index in [1.807, 2.05) is 29.1 Å². The zero-order valence-electron chi connectivity index (χ0n) is 15.1. The predicted octanol–water partition coefficient (Wildman–Crippen LogP) is 4.32. The molecule has 1 aliphatic heterocycles. The van der Waals surface area contributed by atoms with Crippen molar-refractivity contribution in [1.29, 1.82) is 0 Å². The maximum atomic E-state index is 12.6. The number of likely N-dealkylation sites (N-methyl/N-ethyl adjacent to an activating group) is 1. The van der Waals surface area contributed by atoms with Gasteiger partial charge in [0.1, 0.15) is 0 Å². The van der Waals surface area contributed by atoms with Crippen molar-refractivity contribution in [2.45, 2.75) is 19.4 Å². The smallest absolute Gasteiger partial charge is 0.246 e. The van der Waals surface area contributed by atoms with Gasteiger partial charge in [0.15, 0.2) is 10.1 Å². The van der Waals surface area contributed by atoms with Crippen molar-refractivity contribution in [3.63, 3.8) is 0 Å². The molecule has 2 aromatic heterocycles. The lowest BCUT2D eigenvalue weighted by Crippen LogP contribution is -2.26. The summed E-state index contributed by atoms with van der Waals surface area (Å²) in [5.41, 5.74) is 3.14. The van der Waals surface area contributed by atoms with Crippen molar-refractivity contribution in [1.82, 2.24) is 14.3 Å². The molecule has 3 heterocycles. The molecular weight excluding hydrogens is 380 g/mol. The number of hydrogen-bond donors (Lipinski definition) is 0. The Labute approximate surface area is 167 Å². The molecule has 0 N–H and O–H groups in total. The number of benzene rings is 1. The maximum absolute atomic E-state index is 12.6. The van der Waals surface area contributed by atoms with E-state index in [4.69, 9.17) is 11.6 Å². The molecule has 7 heteroatoms. The van der Waals surface area contributed by atoms with Gasteiger partial charge < -0.3 is 9.80 Å². The van der Waals surface area contributed by atoms with E-state index in [1.165, 1.54) is 35.4 Å². The summed E-state index contributed by atoms with van der Waals surface area (Å²) in [6.45, 7) is 2.75. The molecule has 0 bridgehead atoms. The fraction of sp³-hybridized carbons (Fsp3) is 0.300. The van der Waals surface area contributed by atoms with Crippen molar-refractivity contribution >= 4 is 45.6 Å². The first kappa shape index (κ1) is 18.1. The van der Waals surface area contributed by atoms with E-state index < -0.39 is 0 Å². The Balaban J connectivity index is 1.49. The first-order valence-corrected chi connectivity index (χ1v) is 10.3. The van der Waals surface area contributed by atoms with Gasteiger partial charge in [-0.2, -0.15) is 0 Å². The fourth-order valence-corrected chi connectivity index (χ4v) is 4.45. The molecular formula is C20H21ClN4OS. The monoisotopic (exact) mass is 400 g/mol. The Morgan fingerprint density at radius 3 is 2.93 bits per heavy atom. The van der Waals surface area contributed by atoms with E-state index in [0.717, 1.165) is 23.7 Å². The van der Waals surface area contributed by atoms with Gasteiger partial charge in [0, 0.05) is 50.0 Å². The minimum absolute atomic E-state index is 0.0625. The van der Waals surface area contributed by atoms with Gasteiger partial charge in [0.25, 0.3) is 0 Å². The number of halogens is 1.